The first kappa shape index (κ1) is 20.9. The van der Waals surface area contributed by atoms with Crippen LogP contribution in [0.3, 0.4) is 0 Å². The summed E-state index contributed by atoms with van der Waals surface area (Å²) in [6.45, 7) is 1.88. The maximum absolute atomic E-state index is 14.8. The van der Waals surface area contributed by atoms with Crippen molar-refractivity contribution in [1.82, 2.24) is 14.8 Å². The fourth-order valence-corrected chi connectivity index (χ4v) is 3.81. The molecule has 1 saturated carbocycles. The van der Waals surface area contributed by atoms with E-state index in [1.165, 1.54) is 7.11 Å². The van der Waals surface area contributed by atoms with E-state index in [1.54, 1.807) is 17.8 Å². The summed E-state index contributed by atoms with van der Waals surface area (Å²) in [5, 5.41) is 11.3. The molecule has 1 aliphatic rings. The second-order valence-corrected chi connectivity index (χ2v) is 7.90. The first-order valence-electron chi connectivity index (χ1n) is 10.1. The topological polar surface area (TPSA) is 133 Å². The van der Waals surface area contributed by atoms with Crippen molar-refractivity contribution in [3.05, 3.63) is 35.6 Å². The summed E-state index contributed by atoms with van der Waals surface area (Å²) in [4.78, 5) is 16.4. The quantitative estimate of drug-likeness (QED) is 0.434. The van der Waals surface area contributed by atoms with Crippen LogP contribution in [-0.2, 0) is 7.05 Å². The van der Waals surface area contributed by atoms with E-state index < -0.39 is 11.7 Å². The lowest BCUT2D eigenvalue weighted by atomic mass is 10.1. The predicted octanol–water partition coefficient (Wildman–Crippen LogP) is 2.50. The van der Waals surface area contributed by atoms with Crippen LogP contribution in [0, 0.1) is 11.7 Å². The highest BCUT2D eigenvalue weighted by Crippen LogP contribution is 2.37. The Morgan fingerprint density at radius 1 is 1.35 bits per heavy atom. The normalized spacial score (nSPS) is 15.5. The molecule has 2 atom stereocenters. The zero-order chi connectivity index (χ0) is 22.3. The number of methoxy groups -OCH3 is 1. The number of aryl methyl sites for hydroxylation is 1. The standard InChI is InChI=1S/C21H26FN7O2/c1-10(23)17(11-7-8-11)26-20-13(22)9-12(18(24)30)19(27-20)25-14-5-4-6-15-16(14)21(31-3)28-29(15)2/h4-6,9-11,17H,7-8,23H2,1-3H3,(H2,24,30)(H2,25,26,27)/t10-,17-/m0/s1. The molecule has 164 valence electrons. The van der Waals surface area contributed by atoms with Crippen molar-refractivity contribution < 1.29 is 13.9 Å². The molecule has 2 aromatic heterocycles. The molecule has 3 aromatic rings. The largest absolute Gasteiger partial charge is 0.479 e. The second kappa shape index (κ2) is 8.03. The van der Waals surface area contributed by atoms with Crippen LogP contribution in [0.1, 0.15) is 30.1 Å². The van der Waals surface area contributed by atoms with E-state index in [1.807, 2.05) is 19.1 Å². The van der Waals surface area contributed by atoms with Crippen LogP contribution in [0.5, 0.6) is 5.88 Å². The molecule has 0 spiro atoms. The van der Waals surface area contributed by atoms with Gasteiger partial charge in [-0.2, -0.15) is 0 Å². The lowest BCUT2D eigenvalue weighted by Crippen LogP contribution is -2.40. The molecule has 10 heteroatoms. The first-order valence-corrected chi connectivity index (χ1v) is 10.1. The van der Waals surface area contributed by atoms with Crippen LogP contribution < -0.4 is 26.8 Å². The van der Waals surface area contributed by atoms with E-state index in [4.69, 9.17) is 16.2 Å². The Morgan fingerprint density at radius 3 is 2.71 bits per heavy atom. The van der Waals surface area contributed by atoms with Gasteiger partial charge in [-0.3, -0.25) is 9.48 Å². The molecular weight excluding hydrogens is 401 g/mol. The summed E-state index contributed by atoms with van der Waals surface area (Å²) in [6, 6.07) is 6.30. The number of fused-ring (bicyclic) bond motifs is 1. The lowest BCUT2D eigenvalue weighted by Gasteiger charge is -2.23. The summed E-state index contributed by atoms with van der Waals surface area (Å²) in [5.74, 6) is -0.519. The number of ether oxygens (including phenoxy) is 1. The predicted molar refractivity (Wildman–Crippen MR) is 117 cm³/mol. The number of anilines is 3. The second-order valence-electron chi connectivity index (χ2n) is 7.90. The summed E-state index contributed by atoms with van der Waals surface area (Å²) < 4.78 is 21.8. The monoisotopic (exact) mass is 427 g/mol. The number of primary amides is 1. The molecule has 1 amide bonds. The molecule has 2 heterocycles. The van der Waals surface area contributed by atoms with Gasteiger partial charge in [0, 0.05) is 19.1 Å². The number of nitrogens with two attached hydrogens (primary N) is 2. The average Bonchev–Trinajstić information content (AvgIpc) is 3.51. The number of nitrogens with zero attached hydrogens (tertiary/aromatic N) is 3. The summed E-state index contributed by atoms with van der Waals surface area (Å²) >= 11 is 0. The molecular formula is C21H26FN7O2. The Bertz CT molecular complexity index is 1140. The SMILES string of the molecule is COc1nn(C)c2cccc(Nc3nc(N[C@H](C4CC4)[C@H](C)N)c(F)cc3C(N)=O)c12. The van der Waals surface area contributed by atoms with Crippen molar-refractivity contribution in [2.45, 2.75) is 31.8 Å². The molecule has 4 rings (SSSR count). The molecule has 0 aliphatic heterocycles. The van der Waals surface area contributed by atoms with E-state index in [0.29, 0.717) is 22.9 Å². The smallest absolute Gasteiger partial charge is 0.252 e. The van der Waals surface area contributed by atoms with Crippen LogP contribution in [0.25, 0.3) is 10.9 Å². The Morgan fingerprint density at radius 2 is 2.10 bits per heavy atom. The molecule has 0 saturated heterocycles. The van der Waals surface area contributed by atoms with Crippen molar-refractivity contribution in [1.29, 1.82) is 0 Å². The number of nitrogens with one attached hydrogen (secondary N) is 2. The van der Waals surface area contributed by atoms with Crippen molar-refractivity contribution in [2.24, 2.45) is 24.4 Å². The third kappa shape index (κ3) is 3.98. The minimum absolute atomic E-state index is 0.0204. The molecule has 1 aromatic carbocycles. The van der Waals surface area contributed by atoms with Gasteiger partial charge in [0.05, 0.1) is 29.3 Å². The number of carbonyl (C=O) groups is 1. The summed E-state index contributed by atoms with van der Waals surface area (Å²) in [5.41, 5.74) is 12.9. The van der Waals surface area contributed by atoms with Crippen molar-refractivity contribution in [3.63, 3.8) is 0 Å². The molecule has 6 N–H and O–H groups in total. The van der Waals surface area contributed by atoms with Crippen molar-refractivity contribution in [2.75, 3.05) is 17.7 Å². The summed E-state index contributed by atoms with van der Waals surface area (Å²) in [6.07, 6.45) is 2.07. The van der Waals surface area contributed by atoms with Crippen LogP contribution >= 0.6 is 0 Å². The van der Waals surface area contributed by atoms with Gasteiger partial charge in [0.15, 0.2) is 11.6 Å². The molecule has 31 heavy (non-hydrogen) atoms. The number of aromatic nitrogens is 3. The van der Waals surface area contributed by atoms with Gasteiger partial charge in [0.2, 0.25) is 5.88 Å². The van der Waals surface area contributed by atoms with Gasteiger partial charge in [-0.25, -0.2) is 9.37 Å². The maximum Gasteiger partial charge on any atom is 0.252 e. The van der Waals surface area contributed by atoms with E-state index in [2.05, 4.69) is 20.7 Å². The van der Waals surface area contributed by atoms with Crippen molar-refractivity contribution >= 4 is 34.1 Å². The molecule has 9 nitrogen and oxygen atoms in total. The molecule has 0 radical (unpaired) electrons. The van der Waals surface area contributed by atoms with Gasteiger partial charge in [-0.05, 0) is 43.9 Å². The lowest BCUT2D eigenvalue weighted by molar-refractivity contribution is 0.100. The van der Waals surface area contributed by atoms with Crippen LogP contribution in [0.4, 0.5) is 21.7 Å². The highest BCUT2D eigenvalue weighted by atomic mass is 19.1. The first-order chi connectivity index (χ1) is 14.8. The number of hydrogen-bond acceptors (Lipinski definition) is 7. The fraction of sp³-hybridized carbons (Fsp3) is 0.381. The Labute approximate surface area is 178 Å². The third-order valence-electron chi connectivity index (χ3n) is 5.53. The number of carbonyl (C=O) groups excluding carboxylic acids is 1. The number of amides is 1. The minimum Gasteiger partial charge on any atom is -0.479 e. The number of pyridine rings is 1. The highest BCUT2D eigenvalue weighted by molar-refractivity contribution is 6.02. The Balaban J connectivity index is 1.77. The number of halogens is 1. The molecule has 0 bridgehead atoms. The molecule has 1 fully saturated rings. The van der Waals surface area contributed by atoms with Gasteiger partial charge in [-0.15, -0.1) is 5.10 Å². The van der Waals surface area contributed by atoms with E-state index in [-0.39, 0.29) is 29.3 Å². The number of benzene rings is 1. The van der Waals surface area contributed by atoms with Crippen LogP contribution in [0.15, 0.2) is 24.3 Å². The Hall–Kier alpha value is -3.40. The van der Waals surface area contributed by atoms with Gasteiger partial charge in [0.1, 0.15) is 5.82 Å². The van der Waals surface area contributed by atoms with Gasteiger partial charge in [-0.1, -0.05) is 6.07 Å². The van der Waals surface area contributed by atoms with E-state index >= 15 is 0 Å². The third-order valence-corrected chi connectivity index (χ3v) is 5.53. The number of rotatable bonds is 8. The zero-order valence-corrected chi connectivity index (χ0v) is 17.6. The van der Waals surface area contributed by atoms with Crippen LogP contribution in [-0.4, -0.2) is 39.9 Å². The van der Waals surface area contributed by atoms with E-state index in [9.17, 15) is 9.18 Å². The summed E-state index contributed by atoms with van der Waals surface area (Å²) in [7, 11) is 3.32. The zero-order valence-electron chi connectivity index (χ0n) is 17.6. The van der Waals surface area contributed by atoms with E-state index in [0.717, 1.165) is 24.4 Å². The fourth-order valence-electron chi connectivity index (χ4n) is 3.81. The molecule has 0 unspecified atom stereocenters. The van der Waals surface area contributed by atoms with Crippen LogP contribution in [0.2, 0.25) is 0 Å². The molecule has 1 aliphatic carbocycles. The van der Waals surface area contributed by atoms with Gasteiger partial charge >= 0.3 is 0 Å². The van der Waals surface area contributed by atoms with Crippen molar-refractivity contribution in [3.8, 4) is 5.88 Å². The maximum atomic E-state index is 14.8. The highest BCUT2D eigenvalue weighted by Gasteiger charge is 2.34. The van der Waals surface area contributed by atoms with Gasteiger partial charge in [0.25, 0.3) is 5.91 Å². The average molecular weight is 427 g/mol. The number of hydrogen-bond donors (Lipinski definition) is 4. The van der Waals surface area contributed by atoms with Gasteiger partial charge < -0.3 is 26.8 Å². The minimum atomic E-state index is -0.795. The Kier molecular flexibility index (Phi) is 5.40.